The molecule has 1 atom stereocenters. The van der Waals surface area contributed by atoms with E-state index in [4.69, 9.17) is 4.74 Å². The molecular weight excluding hydrogens is 396 g/mol. The van der Waals surface area contributed by atoms with Crippen molar-refractivity contribution in [2.45, 2.75) is 53.1 Å². The van der Waals surface area contributed by atoms with Crippen molar-refractivity contribution >= 4 is 22.2 Å². The van der Waals surface area contributed by atoms with Crippen LogP contribution in [-0.2, 0) is 19.7 Å². The average Bonchev–Trinajstić information content (AvgIpc) is 2.67. The number of hydrogen-bond donors (Lipinski definition) is 0. The molecule has 0 aromatic carbocycles. The van der Waals surface area contributed by atoms with E-state index >= 15 is 0 Å². The summed E-state index contributed by atoms with van der Waals surface area (Å²) in [5.74, 6) is -0.264. The van der Waals surface area contributed by atoms with Crippen molar-refractivity contribution in [3.63, 3.8) is 0 Å². The van der Waals surface area contributed by atoms with Crippen LogP contribution >= 0.6 is 0 Å². The number of amides is 2. The summed E-state index contributed by atoms with van der Waals surface area (Å²) in [7, 11) is -3.48. The van der Waals surface area contributed by atoms with Gasteiger partial charge in [-0.05, 0) is 33.6 Å². The van der Waals surface area contributed by atoms with Crippen molar-refractivity contribution in [1.29, 1.82) is 0 Å². The lowest BCUT2D eigenvalue weighted by Gasteiger charge is -2.39. The molecule has 2 saturated heterocycles. The molecule has 0 spiro atoms. The number of piperidine rings is 1. The Labute approximate surface area is 175 Å². The summed E-state index contributed by atoms with van der Waals surface area (Å²) in [6, 6.07) is 0. The largest absolute Gasteiger partial charge is 0.444 e. The normalized spacial score (nSPS) is 22.1. The van der Waals surface area contributed by atoms with Crippen LogP contribution in [0.25, 0.3) is 0 Å². The molecule has 0 aromatic rings. The predicted octanol–water partition coefficient (Wildman–Crippen LogP) is 1.36. The van der Waals surface area contributed by atoms with Crippen molar-refractivity contribution < 1.29 is 22.7 Å². The number of carbonyl (C=O) groups is 2. The highest BCUT2D eigenvalue weighted by molar-refractivity contribution is 7.86. The van der Waals surface area contributed by atoms with Crippen LogP contribution in [0.5, 0.6) is 0 Å². The molecule has 9 nitrogen and oxygen atoms in total. The summed E-state index contributed by atoms with van der Waals surface area (Å²) in [6.45, 7) is 12.3. The van der Waals surface area contributed by atoms with E-state index in [9.17, 15) is 18.0 Å². The molecule has 2 aliphatic heterocycles. The third kappa shape index (κ3) is 6.05. The third-order valence-corrected chi connectivity index (χ3v) is 7.52. The van der Waals surface area contributed by atoms with Crippen LogP contribution in [0.2, 0.25) is 0 Å². The maximum atomic E-state index is 13.0. The summed E-state index contributed by atoms with van der Waals surface area (Å²) in [5.41, 5.74) is -0.569. The highest BCUT2D eigenvalue weighted by Gasteiger charge is 2.36. The quantitative estimate of drug-likeness (QED) is 0.654. The molecular formula is C19H36N4O5S. The molecule has 2 amide bonds. The second kappa shape index (κ2) is 9.61. The molecule has 2 rings (SSSR count). The lowest BCUT2D eigenvalue weighted by atomic mass is 9.96. The Morgan fingerprint density at radius 2 is 1.59 bits per heavy atom. The van der Waals surface area contributed by atoms with E-state index < -0.39 is 15.8 Å². The first-order chi connectivity index (χ1) is 13.5. The van der Waals surface area contributed by atoms with Crippen molar-refractivity contribution in [3.8, 4) is 0 Å². The summed E-state index contributed by atoms with van der Waals surface area (Å²) in [4.78, 5) is 28.7. The number of ether oxygens (including phenoxy) is 1. The van der Waals surface area contributed by atoms with Crippen LogP contribution in [0.4, 0.5) is 4.79 Å². The SMILES string of the molecule is CCN(CC)S(=O)(=O)N1CCN(C(=O)C2CCCN(C(=O)OC(C)(C)C)C2)CC1. The van der Waals surface area contributed by atoms with Crippen molar-refractivity contribution in [2.24, 2.45) is 5.92 Å². The molecule has 0 N–H and O–H groups in total. The summed E-state index contributed by atoms with van der Waals surface area (Å²) in [6.07, 6.45) is 1.10. The Morgan fingerprint density at radius 1 is 1.00 bits per heavy atom. The van der Waals surface area contributed by atoms with Gasteiger partial charge in [-0.15, -0.1) is 0 Å². The minimum absolute atomic E-state index is 0.00172. The highest BCUT2D eigenvalue weighted by Crippen LogP contribution is 2.22. The van der Waals surface area contributed by atoms with Crippen LogP contribution in [0.1, 0.15) is 47.5 Å². The minimum atomic E-state index is -3.48. The van der Waals surface area contributed by atoms with Gasteiger partial charge in [0.2, 0.25) is 5.91 Å². The molecule has 0 aromatic heterocycles. The van der Waals surface area contributed by atoms with Crippen molar-refractivity contribution in [1.82, 2.24) is 18.4 Å². The van der Waals surface area contributed by atoms with E-state index in [2.05, 4.69) is 0 Å². The average molecular weight is 433 g/mol. The number of rotatable bonds is 5. The lowest BCUT2D eigenvalue weighted by molar-refractivity contribution is -0.138. The van der Waals surface area contributed by atoms with E-state index in [1.54, 1.807) is 9.80 Å². The van der Waals surface area contributed by atoms with Gasteiger partial charge in [-0.3, -0.25) is 4.79 Å². The smallest absolute Gasteiger partial charge is 0.410 e. The topological polar surface area (TPSA) is 90.5 Å². The Balaban J connectivity index is 1.92. The maximum absolute atomic E-state index is 13.0. The zero-order chi connectivity index (χ0) is 21.8. The van der Waals surface area contributed by atoms with Gasteiger partial charge in [0.25, 0.3) is 10.2 Å². The number of piperazine rings is 1. The standard InChI is InChI=1S/C19H36N4O5S/c1-6-22(7-2)29(26,27)23-13-11-20(12-14-23)17(24)16-9-8-10-21(15-16)18(25)28-19(3,4)5/h16H,6-15H2,1-5H3. The summed E-state index contributed by atoms with van der Waals surface area (Å²) < 4.78 is 33.6. The highest BCUT2D eigenvalue weighted by atomic mass is 32.2. The first-order valence-electron chi connectivity index (χ1n) is 10.5. The Kier molecular flexibility index (Phi) is 7.92. The second-order valence-electron chi connectivity index (χ2n) is 8.58. The molecule has 0 saturated carbocycles. The first kappa shape index (κ1) is 23.9. The van der Waals surface area contributed by atoms with Gasteiger partial charge >= 0.3 is 6.09 Å². The molecule has 2 heterocycles. The molecule has 29 heavy (non-hydrogen) atoms. The first-order valence-corrected chi connectivity index (χ1v) is 11.9. The lowest BCUT2D eigenvalue weighted by Crippen LogP contribution is -2.56. The summed E-state index contributed by atoms with van der Waals surface area (Å²) >= 11 is 0. The van der Waals surface area contributed by atoms with Crippen LogP contribution < -0.4 is 0 Å². The Morgan fingerprint density at radius 3 is 2.10 bits per heavy atom. The van der Waals surface area contributed by atoms with E-state index in [0.29, 0.717) is 52.4 Å². The minimum Gasteiger partial charge on any atom is -0.444 e. The zero-order valence-corrected chi connectivity index (χ0v) is 19.2. The third-order valence-electron chi connectivity index (χ3n) is 5.33. The maximum Gasteiger partial charge on any atom is 0.410 e. The fourth-order valence-electron chi connectivity index (χ4n) is 3.78. The fourth-order valence-corrected chi connectivity index (χ4v) is 5.39. The Bertz CT molecular complexity index is 679. The fraction of sp³-hybridized carbons (Fsp3) is 0.895. The van der Waals surface area contributed by atoms with Gasteiger partial charge in [-0.2, -0.15) is 17.0 Å². The van der Waals surface area contributed by atoms with Crippen molar-refractivity contribution in [2.75, 3.05) is 52.4 Å². The van der Waals surface area contributed by atoms with Gasteiger partial charge in [-0.25, -0.2) is 4.79 Å². The van der Waals surface area contributed by atoms with Crippen LogP contribution in [-0.4, -0.2) is 96.8 Å². The number of likely N-dealkylation sites (tertiary alicyclic amines) is 1. The zero-order valence-electron chi connectivity index (χ0n) is 18.4. The molecule has 0 radical (unpaired) electrons. The monoisotopic (exact) mass is 432 g/mol. The van der Waals surface area contributed by atoms with Crippen LogP contribution in [0.15, 0.2) is 0 Å². The van der Waals surface area contributed by atoms with E-state index in [0.717, 1.165) is 12.8 Å². The number of hydrogen-bond acceptors (Lipinski definition) is 5. The van der Waals surface area contributed by atoms with Crippen LogP contribution in [0.3, 0.4) is 0 Å². The van der Waals surface area contributed by atoms with Gasteiger partial charge in [0, 0.05) is 52.4 Å². The van der Waals surface area contributed by atoms with E-state index in [1.165, 1.54) is 8.61 Å². The molecule has 2 aliphatic rings. The molecule has 10 heteroatoms. The summed E-state index contributed by atoms with van der Waals surface area (Å²) in [5, 5.41) is 0. The van der Waals surface area contributed by atoms with E-state index in [1.807, 2.05) is 34.6 Å². The second-order valence-corrected chi connectivity index (χ2v) is 10.5. The van der Waals surface area contributed by atoms with Gasteiger partial charge in [-0.1, -0.05) is 13.8 Å². The Hall–Kier alpha value is -1.39. The van der Waals surface area contributed by atoms with Gasteiger partial charge in [0.15, 0.2) is 0 Å². The molecule has 168 valence electrons. The van der Waals surface area contributed by atoms with Gasteiger partial charge in [0.05, 0.1) is 5.92 Å². The number of carbonyl (C=O) groups excluding carboxylic acids is 2. The van der Waals surface area contributed by atoms with E-state index in [-0.39, 0.29) is 17.9 Å². The molecule has 0 aliphatic carbocycles. The molecule has 0 bridgehead atoms. The van der Waals surface area contributed by atoms with Crippen molar-refractivity contribution in [3.05, 3.63) is 0 Å². The number of nitrogens with zero attached hydrogens (tertiary/aromatic N) is 4. The van der Waals surface area contributed by atoms with Gasteiger partial charge < -0.3 is 14.5 Å². The van der Waals surface area contributed by atoms with Gasteiger partial charge in [0.1, 0.15) is 5.60 Å². The predicted molar refractivity (Wildman–Crippen MR) is 111 cm³/mol. The van der Waals surface area contributed by atoms with Crippen LogP contribution in [0, 0.1) is 5.92 Å². The molecule has 1 unspecified atom stereocenters. The molecule has 2 fully saturated rings.